The van der Waals surface area contributed by atoms with E-state index in [1.54, 1.807) is 0 Å². The number of nitrogens with zero attached hydrogens (tertiary/aromatic N) is 1. The summed E-state index contributed by atoms with van der Waals surface area (Å²) in [7, 11) is 0. The number of thiocarbonyl (C=S) groups is 1. The molecule has 0 radical (unpaired) electrons. The Morgan fingerprint density at radius 2 is 1.88 bits per heavy atom. The molecule has 1 atom stereocenters. The average molecular weight is 468 g/mol. The van der Waals surface area contributed by atoms with Crippen LogP contribution in [0.15, 0.2) is 72.8 Å². The van der Waals surface area contributed by atoms with E-state index < -0.39 is 0 Å². The van der Waals surface area contributed by atoms with Gasteiger partial charge in [-0.15, -0.1) is 0 Å². The third-order valence-corrected chi connectivity index (χ3v) is 7.79. The summed E-state index contributed by atoms with van der Waals surface area (Å²) in [5.74, 6) is 1.01. The summed E-state index contributed by atoms with van der Waals surface area (Å²) in [5, 5.41) is 4.89. The monoisotopic (exact) mass is 467 g/mol. The lowest BCUT2D eigenvalue weighted by molar-refractivity contribution is 0.221. The van der Waals surface area contributed by atoms with Crippen LogP contribution in [0.5, 0.6) is 5.75 Å². The maximum Gasteiger partial charge on any atom is 0.122 e. The average Bonchev–Trinajstić information content (AvgIpc) is 3.49. The molecule has 0 unspecified atom stereocenters. The normalized spacial score (nSPS) is 19.0. The molecule has 0 fully saturated rings. The van der Waals surface area contributed by atoms with Crippen LogP contribution >= 0.6 is 12.2 Å². The summed E-state index contributed by atoms with van der Waals surface area (Å²) in [6, 6.07) is 25.8. The van der Waals surface area contributed by atoms with Crippen molar-refractivity contribution in [3.8, 4) is 5.75 Å². The van der Waals surface area contributed by atoms with Gasteiger partial charge in [-0.2, -0.15) is 0 Å². The molecule has 172 valence electrons. The number of H-pyrrole nitrogens is 1. The van der Waals surface area contributed by atoms with Crippen molar-refractivity contribution in [1.29, 1.82) is 0 Å². The van der Waals surface area contributed by atoms with Crippen LogP contribution in [0.4, 0.5) is 0 Å². The summed E-state index contributed by atoms with van der Waals surface area (Å²) in [4.78, 5) is 7.16. The van der Waals surface area contributed by atoms with Crippen molar-refractivity contribution in [2.24, 2.45) is 0 Å². The van der Waals surface area contributed by atoms with Crippen molar-refractivity contribution in [1.82, 2.24) is 15.2 Å². The Morgan fingerprint density at radius 3 is 2.76 bits per heavy atom. The van der Waals surface area contributed by atoms with E-state index in [2.05, 4.69) is 88.9 Å². The number of nitrogens with one attached hydrogen (secondary N) is 2. The first-order chi connectivity index (χ1) is 16.6. The van der Waals surface area contributed by atoms with E-state index in [4.69, 9.17) is 17.0 Å². The molecule has 3 aromatic carbocycles. The predicted octanol–water partition coefficient (Wildman–Crippen LogP) is 5.34. The quantitative estimate of drug-likeness (QED) is 0.389. The highest BCUT2D eigenvalue weighted by Crippen LogP contribution is 2.44. The van der Waals surface area contributed by atoms with Gasteiger partial charge in [0.25, 0.3) is 0 Å². The van der Waals surface area contributed by atoms with Gasteiger partial charge < -0.3 is 19.9 Å². The lowest BCUT2D eigenvalue weighted by Gasteiger charge is -2.47. The first-order valence-electron chi connectivity index (χ1n) is 12.1. The second kappa shape index (κ2) is 8.57. The molecule has 0 saturated heterocycles. The van der Waals surface area contributed by atoms with Gasteiger partial charge in [-0.25, -0.2) is 0 Å². The van der Waals surface area contributed by atoms with Crippen molar-refractivity contribution >= 4 is 28.1 Å². The lowest BCUT2D eigenvalue weighted by Crippen LogP contribution is -2.54. The summed E-state index contributed by atoms with van der Waals surface area (Å²) in [5.41, 5.74) is 7.29. The number of hydrogen-bond donors (Lipinski definition) is 2. The van der Waals surface area contributed by atoms with E-state index >= 15 is 0 Å². The van der Waals surface area contributed by atoms with E-state index in [0.29, 0.717) is 6.54 Å². The highest BCUT2D eigenvalue weighted by atomic mass is 32.1. The summed E-state index contributed by atoms with van der Waals surface area (Å²) < 4.78 is 5.80. The molecule has 2 N–H and O–H groups in total. The lowest BCUT2D eigenvalue weighted by atomic mass is 9.80. The van der Waals surface area contributed by atoms with E-state index in [9.17, 15) is 0 Å². The van der Waals surface area contributed by atoms with Crippen molar-refractivity contribution in [2.45, 2.75) is 31.8 Å². The molecule has 4 nitrogen and oxygen atoms in total. The van der Waals surface area contributed by atoms with Gasteiger partial charge in [-0.05, 0) is 53.8 Å². The molecule has 2 aliphatic heterocycles. The van der Waals surface area contributed by atoms with Gasteiger partial charge in [-0.3, -0.25) is 0 Å². The van der Waals surface area contributed by atoms with E-state index in [1.165, 1.54) is 38.9 Å². The summed E-state index contributed by atoms with van der Waals surface area (Å²) >= 11 is 6.07. The fourth-order valence-corrected chi connectivity index (χ4v) is 6.00. The Kier molecular flexibility index (Phi) is 5.39. The Labute approximate surface area is 205 Å². The first-order valence-corrected chi connectivity index (χ1v) is 12.5. The number of aromatic nitrogens is 1. The van der Waals surface area contributed by atoms with Crippen LogP contribution in [0.3, 0.4) is 0 Å². The number of rotatable bonds is 5. The number of ether oxygens (including phenoxy) is 1. The van der Waals surface area contributed by atoms with Gasteiger partial charge in [0.15, 0.2) is 0 Å². The van der Waals surface area contributed by atoms with Gasteiger partial charge in [0.1, 0.15) is 11.3 Å². The fourth-order valence-electron chi connectivity index (χ4n) is 5.63. The zero-order chi connectivity index (χ0) is 23.1. The van der Waals surface area contributed by atoms with E-state index in [0.717, 1.165) is 43.3 Å². The highest BCUT2D eigenvalue weighted by Gasteiger charge is 2.43. The third kappa shape index (κ3) is 3.51. The molecule has 1 aromatic heterocycles. The van der Waals surface area contributed by atoms with Gasteiger partial charge in [0.05, 0.1) is 11.6 Å². The molecule has 5 heteroatoms. The minimum absolute atomic E-state index is 0.379. The van der Waals surface area contributed by atoms with Gasteiger partial charge in [-0.1, -0.05) is 66.8 Å². The maximum absolute atomic E-state index is 6.07. The molecule has 0 bridgehead atoms. The van der Waals surface area contributed by atoms with E-state index in [1.807, 2.05) is 6.07 Å². The van der Waals surface area contributed by atoms with Gasteiger partial charge in [0.2, 0.25) is 0 Å². The molecular formula is C29H29N3OS. The van der Waals surface area contributed by atoms with Gasteiger partial charge in [0, 0.05) is 42.7 Å². The number of para-hydroxylation sites is 1. The minimum atomic E-state index is -0.379. The molecule has 2 aliphatic rings. The zero-order valence-electron chi connectivity index (χ0n) is 19.4. The molecule has 0 aliphatic carbocycles. The van der Waals surface area contributed by atoms with Crippen LogP contribution in [-0.4, -0.2) is 34.6 Å². The van der Waals surface area contributed by atoms with Crippen LogP contribution < -0.4 is 10.1 Å². The molecule has 0 spiro atoms. The van der Waals surface area contributed by atoms with Crippen LogP contribution in [0, 0.1) is 0 Å². The fraction of sp³-hybridized carbons (Fsp3) is 0.276. The van der Waals surface area contributed by atoms with Crippen molar-refractivity contribution in [3.63, 3.8) is 0 Å². The number of fused-ring (bicyclic) bond motifs is 4. The molecular weight excluding hydrogens is 438 g/mol. The summed E-state index contributed by atoms with van der Waals surface area (Å²) in [6.45, 7) is 5.45. The van der Waals surface area contributed by atoms with Gasteiger partial charge >= 0.3 is 0 Å². The van der Waals surface area contributed by atoms with E-state index in [-0.39, 0.29) is 5.54 Å². The topological polar surface area (TPSA) is 40.3 Å². The maximum atomic E-state index is 6.07. The van der Waals surface area contributed by atoms with Crippen molar-refractivity contribution < 1.29 is 4.74 Å². The molecule has 6 rings (SSSR count). The molecule has 4 aromatic rings. The summed E-state index contributed by atoms with van der Waals surface area (Å²) in [6.07, 6.45) is 1.93. The second-order valence-corrected chi connectivity index (χ2v) is 9.87. The Morgan fingerprint density at radius 1 is 1.06 bits per heavy atom. The number of aromatic amines is 1. The first kappa shape index (κ1) is 21.4. The van der Waals surface area contributed by atoms with Crippen LogP contribution in [0.2, 0.25) is 0 Å². The SMILES string of the molecule is C[C@@]1(c2ccc3c(c2)CCO3)c2[nH]c3ccccc3c2CCN1C(=S)CNCc1ccccc1. The second-order valence-electron chi connectivity index (χ2n) is 9.40. The minimum Gasteiger partial charge on any atom is -0.493 e. The highest BCUT2D eigenvalue weighted by molar-refractivity contribution is 7.80. The zero-order valence-corrected chi connectivity index (χ0v) is 20.3. The largest absolute Gasteiger partial charge is 0.493 e. The Balaban J connectivity index is 1.38. The number of benzene rings is 3. The van der Waals surface area contributed by atoms with Crippen molar-refractivity contribution in [2.75, 3.05) is 19.7 Å². The molecule has 3 heterocycles. The van der Waals surface area contributed by atoms with Crippen LogP contribution in [-0.2, 0) is 24.9 Å². The Hall–Kier alpha value is -3.15. The van der Waals surface area contributed by atoms with Crippen molar-refractivity contribution in [3.05, 3.63) is 101 Å². The number of hydrogen-bond acceptors (Lipinski definition) is 3. The van der Waals surface area contributed by atoms with Crippen LogP contribution in [0.25, 0.3) is 10.9 Å². The smallest absolute Gasteiger partial charge is 0.122 e. The molecule has 0 amide bonds. The Bertz CT molecular complexity index is 1360. The predicted molar refractivity (Wildman–Crippen MR) is 142 cm³/mol. The molecule has 0 saturated carbocycles. The van der Waals surface area contributed by atoms with Crippen LogP contribution in [0.1, 0.15) is 34.9 Å². The third-order valence-electron chi connectivity index (χ3n) is 7.43. The standard InChI is InChI=1S/C29H29N3OS/c1-29(22-11-12-26-21(17-22)14-16-33-26)28-24(23-9-5-6-10-25(23)31-28)13-15-32(29)27(34)19-30-18-20-7-3-2-4-8-20/h2-12,17,30-31H,13-16,18-19H2,1H3/t29-/m1/s1. The molecule has 34 heavy (non-hydrogen) atoms.